The lowest BCUT2D eigenvalue weighted by molar-refractivity contribution is -0.141. The van der Waals surface area contributed by atoms with Crippen molar-refractivity contribution in [1.82, 2.24) is 10.6 Å². The number of phenolic OH excluding ortho intramolecular Hbond substituents is 1. The number of methoxy groups -OCH3 is 2. The number of rotatable bonds is 5. The van der Waals surface area contributed by atoms with Crippen molar-refractivity contribution in [2.45, 2.75) is 24.4 Å². The summed E-state index contributed by atoms with van der Waals surface area (Å²) in [6, 6.07) is 5.99. The SMILES string of the molecule is COc1cc(C2c3cc4c(cc3C(NC(=O)NC(C)Cl)C3COC(=O)C23)OCO4)cc(OC)c1O. The Bertz CT molecular complexity index is 1160. The molecule has 3 N–H and O–H groups in total. The third kappa shape index (κ3) is 3.91. The van der Waals surface area contributed by atoms with Gasteiger partial charge < -0.3 is 39.4 Å². The van der Waals surface area contributed by atoms with Crippen molar-refractivity contribution < 1.29 is 38.4 Å². The van der Waals surface area contributed by atoms with Gasteiger partial charge in [0.2, 0.25) is 12.5 Å². The molecule has 0 spiro atoms. The fourth-order valence-electron chi connectivity index (χ4n) is 5.20. The molecule has 10 nitrogen and oxygen atoms in total. The number of amides is 2. The molecule has 0 aromatic heterocycles. The third-order valence-electron chi connectivity index (χ3n) is 6.66. The van der Waals surface area contributed by atoms with Gasteiger partial charge in [-0.1, -0.05) is 11.6 Å². The molecule has 11 heteroatoms. The summed E-state index contributed by atoms with van der Waals surface area (Å²) in [4.78, 5) is 25.7. The molecule has 2 amide bonds. The van der Waals surface area contributed by atoms with Crippen LogP contribution in [0.5, 0.6) is 28.7 Å². The van der Waals surface area contributed by atoms with Gasteiger partial charge in [-0.25, -0.2) is 4.79 Å². The Morgan fingerprint density at radius 2 is 1.71 bits per heavy atom. The molecule has 2 heterocycles. The van der Waals surface area contributed by atoms with Gasteiger partial charge in [0, 0.05) is 11.8 Å². The number of hydrogen-bond donors (Lipinski definition) is 3. The summed E-state index contributed by atoms with van der Waals surface area (Å²) in [6.45, 7) is 1.84. The quantitative estimate of drug-likeness (QED) is 0.322. The Hall–Kier alpha value is -3.53. The molecule has 2 aliphatic heterocycles. The lowest BCUT2D eigenvalue weighted by Crippen LogP contribution is -2.47. The molecule has 1 saturated heterocycles. The van der Waals surface area contributed by atoms with Crippen molar-refractivity contribution in [1.29, 1.82) is 0 Å². The highest BCUT2D eigenvalue weighted by molar-refractivity contribution is 6.21. The number of cyclic esters (lactones) is 1. The fraction of sp³-hybridized carbons (Fsp3) is 0.417. The highest BCUT2D eigenvalue weighted by atomic mass is 35.5. The first-order valence-corrected chi connectivity index (χ1v) is 11.5. The number of carbonyl (C=O) groups excluding carboxylic acids is 2. The van der Waals surface area contributed by atoms with Gasteiger partial charge in [-0.05, 0) is 47.9 Å². The number of alkyl halides is 1. The summed E-state index contributed by atoms with van der Waals surface area (Å²) in [7, 11) is 2.88. The molecule has 5 unspecified atom stereocenters. The van der Waals surface area contributed by atoms with Crippen molar-refractivity contribution >= 4 is 23.6 Å². The minimum absolute atomic E-state index is 0.0704. The van der Waals surface area contributed by atoms with Gasteiger partial charge in [-0.15, -0.1) is 0 Å². The van der Waals surface area contributed by atoms with E-state index in [1.165, 1.54) is 14.2 Å². The number of aromatic hydroxyl groups is 1. The maximum atomic E-state index is 13.1. The van der Waals surface area contributed by atoms with E-state index < -0.39 is 29.4 Å². The van der Waals surface area contributed by atoms with Gasteiger partial charge >= 0.3 is 12.0 Å². The summed E-state index contributed by atoms with van der Waals surface area (Å²) >= 11 is 5.94. The van der Waals surface area contributed by atoms with Crippen molar-refractivity contribution in [2.75, 3.05) is 27.6 Å². The lowest BCUT2D eigenvalue weighted by Gasteiger charge is -2.39. The number of fused-ring (bicyclic) bond motifs is 3. The molecule has 1 fully saturated rings. The van der Waals surface area contributed by atoms with Crippen LogP contribution in [0, 0.1) is 11.8 Å². The average Bonchev–Trinajstić information content (AvgIpc) is 3.44. The summed E-state index contributed by atoms with van der Waals surface area (Å²) in [6.07, 6.45) is 0. The fourth-order valence-corrected chi connectivity index (χ4v) is 5.30. The Morgan fingerprint density at radius 1 is 1.09 bits per heavy atom. The highest BCUT2D eigenvalue weighted by Crippen LogP contribution is 2.55. The van der Waals surface area contributed by atoms with Crippen LogP contribution in [0.25, 0.3) is 0 Å². The van der Waals surface area contributed by atoms with E-state index in [-0.39, 0.29) is 42.5 Å². The second kappa shape index (κ2) is 8.92. The molecule has 5 rings (SSSR count). The minimum Gasteiger partial charge on any atom is -0.502 e. The number of benzene rings is 2. The summed E-state index contributed by atoms with van der Waals surface area (Å²) in [5, 5.41) is 16.0. The van der Waals surface area contributed by atoms with E-state index in [0.717, 1.165) is 11.1 Å². The van der Waals surface area contributed by atoms with Crippen molar-refractivity contribution in [3.8, 4) is 28.7 Å². The van der Waals surface area contributed by atoms with E-state index in [2.05, 4.69) is 10.6 Å². The lowest BCUT2D eigenvalue weighted by atomic mass is 9.65. The predicted octanol–water partition coefficient (Wildman–Crippen LogP) is 3.00. The number of ether oxygens (including phenoxy) is 5. The van der Waals surface area contributed by atoms with Gasteiger partial charge in [-0.3, -0.25) is 4.79 Å². The monoisotopic (exact) mass is 504 g/mol. The molecule has 35 heavy (non-hydrogen) atoms. The van der Waals surface area contributed by atoms with Gasteiger partial charge in [0.15, 0.2) is 23.0 Å². The molecular weight excluding hydrogens is 480 g/mol. The van der Waals surface area contributed by atoms with Crippen molar-refractivity contribution in [2.24, 2.45) is 11.8 Å². The van der Waals surface area contributed by atoms with E-state index in [0.29, 0.717) is 17.1 Å². The van der Waals surface area contributed by atoms with E-state index in [4.69, 9.17) is 35.3 Å². The first kappa shape index (κ1) is 23.2. The van der Waals surface area contributed by atoms with Gasteiger partial charge in [-0.2, -0.15) is 0 Å². The Morgan fingerprint density at radius 3 is 2.31 bits per heavy atom. The van der Waals surface area contributed by atoms with Crippen LogP contribution in [-0.2, 0) is 9.53 Å². The first-order valence-electron chi connectivity index (χ1n) is 11.1. The predicted molar refractivity (Wildman–Crippen MR) is 123 cm³/mol. The number of nitrogens with one attached hydrogen (secondary N) is 2. The minimum atomic E-state index is -0.624. The highest BCUT2D eigenvalue weighted by Gasteiger charge is 2.53. The zero-order valence-electron chi connectivity index (χ0n) is 19.3. The van der Waals surface area contributed by atoms with E-state index in [1.54, 1.807) is 19.1 Å². The summed E-state index contributed by atoms with van der Waals surface area (Å²) < 4.78 is 27.4. The zero-order valence-corrected chi connectivity index (χ0v) is 20.0. The topological polar surface area (TPSA) is 125 Å². The Kier molecular flexibility index (Phi) is 5.92. The van der Waals surface area contributed by atoms with Crippen molar-refractivity contribution in [3.63, 3.8) is 0 Å². The molecule has 3 aliphatic rings. The molecule has 5 atom stereocenters. The zero-order chi connectivity index (χ0) is 24.9. The largest absolute Gasteiger partial charge is 0.502 e. The number of halogens is 1. The van der Waals surface area contributed by atoms with Crippen LogP contribution in [0.2, 0.25) is 0 Å². The standard InChI is InChI=1S/C24H25ClN2O8/c1-10(25)26-24(30)27-21-13-7-16-15(34-9-35-16)6-12(13)19(20-14(21)8-33-23(20)29)11-4-17(31-2)22(28)18(5-11)32-3/h4-7,10,14,19-21,28H,8-9H2,1-3H3,(H2,26,27,30). The number of urea groups is 1. The van der Waals surface area contributed by atoms with Crippen LogP contribution in [0.4, 0.5) is 4.79 Å². The van der Waals surface area contributed by atoms with E-state index in [9.17, 15) is 14.7 Å². The van der Waals surface area contributed by atoms with Crippen LogP contribution in [0.15, 0.2) is 24.3 Å². The number of hydrogen-bond acceptors (Lipinski definition) is 8. The number of phenols is 1. The molecule has 0 saturated carbocycles. The van der Waals surface area contributed by atoms with Crippen LogP contribution in [0.1, 0.15) is 35.6 Å². The maximum absolute atomic E-state index is 13.1. The smallest absolute Gasteiger partial charge is 0.316 e. The summed E-state index contributed by atoms with van der Waals surface area (Å²) in [5.74, 6) is -0.511. The number of esters is 1. The molecule has 186 valence electrons. The van der Waals surface area contributed by atoms with Crippen LogP contribution < -0.4 is 29.6 Å². The average molecular weight is 505 g/mol. The van der Waals surface area contributed by atoms with Gasteiger partial charge in [0.1, 0.15) is 5.50 Å². The molecule has 0 radical (unpaired) electrons. The van der Waals surface area contributed by atoms with Gasteiger partial charge in [0.25, 0.3) is 0 Å². The van der Waals surface area contributed by atoms with Crippen LogP contribution in [0.3, 0.4) is 0 Å². The molecular formula is C24H25ClN2O8. The molecule has 0 bridgehead atoms. The Labute approximate surface area is 206 Å². The van der Waals surface area contributed by atoms with Crippen LogP contribution in [-0.4, -0.2) is 50.2 Å². The first-order chi connectivity index (χ1) is 16.8. The summed E-state index contributed by atoms with van der Waals surface area (Å²) in [5.41, 5.74) is 1.62. The van der Waals surface area contributed by atoms with Gasteiger partial charge in [0.05, 0.1) is 32.8 Å². The molecule has 1 aliphatic carbocycles. The van der Waals surface area contributed by atoms with Crippen molar-refractivity contribution in [3.05, 3.63) is 41.0 Å². The second-order valence-corrected chi connectivity index (χ2v) is 9.27. The second-order valence-electron chi connectivity index (χ2n) is 8.62. The number of carbonyl (C=O) groups is 2. The van der Waals surface area contributed by atoms with E-state index in [1.807, 2.05) is 12.1 Å². The third-order valence-corrected chi connectivity index (χ3v) is 6.77. The maximum Gasteiger partial charge on any atom is 0.316 e. The molecule has 2 aromatic rings. The normalized spacial score (nSPS) is 24.6. The van der Waals surface area contributed by atoms with E-state index >= 15 is 0 Å². The molecule has 2 aromatic carbocycles. The Balaban J connectivity index is 1.69. The van der Waals surface area contributed by atoms with Crippen LogP contribution >= 0.6 is 11.6 Å².